The summed E-state index contributed by atoms with van der Waals surface area (Å²) in [4.78, 5) is 12.8. The number of carbonyl (C=O) groups excluding carboxylic acids is 1. The first-order chi connectivity index (χ1) is 17.1. The highest BCUT2D eigenvalue weighted by molar-refractivity contribution is 6.32. The average molecular weight is 534 g/mol. The molecule has 3 nitrogen and oxygen atoms in total. The Morgan fingerprint density at radius 2 is 1.31 bits per heavy atom. The second kappa shape index (κ2) is 11.8. The van der Waals surface area contributed by atoms with Crippen LogP contribution in [-0.4, -0.2) is 11.6 Å². The Hall–Kier alpha value is -1.71. The van der Waals surface area contributed by atoms with Gasteiger partial charge in [0.15, 0.2) is 0 Å². The third-order valence-electron chi connectivity index (χ3n) is 8.78. The number of benzene rings is 2. The maximum atomic E-state index is 12.8. The molecule has 0 radical (unpaired) electrons. The molecule has 0 saturated heterocycles. The van der Waals surface area contributed by atoms with Gasteiger partial charge in [0, 0.05) is 5.41 Å². The lowest BCUT2D eigenvalue weighted by Crippen LogP contribution is -2.32. The molecule has 2 aromatic carbocycles. The van der Waals surface area contributed by atoms with Crippen LogP contribution in [0.2, 0.25) is 10.0 Å². The molecule has 2 aromatic rings. The highest BCUT2D eigenvalue weighted by Crippen LogP contribution is 2.48. The van der Waals surface area contributed by atoms with E-state index in [-0.39, 0.29) is 17.0 Å². The summed E-state index contributed by atoms with van der Waals surface area (Å²) in [6, 6.07) is 12.2. The summed E-state index contributed by atoms with van der Waals surface area (Å²) < 4.78 is 12.1. The Bertz CT molecular complexity index is 1050. The third-order valence-corrected chi connectivity index (χ3v) is 9.38. The van der Waals surface area contributed by atoms with E-state index >= 15 is 0 Å². The maximum absolute atomic E-state index is 12.8. The molecule has 198 valence electrons. The van der Waals surface area contributed by atoms with E-state index < -0.39 is 5.41 Å². The van der Waals surface area contributed by atoms with Crippen LogP contribution in [0.3, 0.4) is 0 Å². The van der Waals surface area contributed by atoms with Crippen LogP contribution in [0.5, 0.6) is 11.5 Å². The van der Waals surface area contributed by atoms with E-state index in [2.05, 4.69) is 39.0 Å². The molecule has 0 amide bonds. The Kier molecular flexibility index (Phi) is 9.44. The monoisotopic (exact) mass is 532 g/mol. The summed E-state index contributed by atoms with van der Waals surface area (Å²) in [5, 5.41) is 1.11. The van der Waals surface area contributed by atoms with Gasteiger partial charge in [0.05, 0.1) is 15.5 Å². The molecule has 1 aliphatic carbocycles. The smallest absolute Gasteiger partial charge is 0.317 e. The quantitative estimate of drug-likeness (QED) is 0.225. The molecule has 0 aliphatic heterocycles. The molecule has 0 aromatic heterocycles. The van der Waals surface area contributed by atoms with Crippen LogP contribution in [-0.2, 0) is 10.2 Å². The molecule has 5 heteroatoms. The molecule has 3 rings (SSSR count). The zero-order valence-corrected chi connectivity index (χ0v) is 24.3. The van der Waals surface area contributed by atoms with E-state index in [9.17, 15) is 4.79 Å². The Balaban J connectivity index is 1.96. The van der Waals surface area contributed by atoms with E-state index in [4.69, 9.17) is 32.7 Å². The summed E-state index contributed by atoms with van der Waals surface area (Å²) in [6.45, 7) is 12.4. The second-order valence-corrected chi connectivity index (χ2v) is 11.7. The Morgan fingerprint density at radius 3 is 1.75 bits per heavy atom. The fourth-order valence-corrected chi connectivity index (χ4v) is 5.52. The van der Waals surface area contributed by atoms with Gasteiger partial charge in [0.25, 0.3) is 0 Å². The number of hydrogen-bond acceptors (Lipinski definition) is 3. The van der Waals surface area contributed by atoms with Crippen LogP contribution < -0.4 is 9.47 Å². The van der Waals surface area contributed by atoms with Gasteiger partial charge in [-0.05, 0) is 87.8 Å². The zero-order chi connectivity index (χ0) is 26.6. The van der Waals surface area contributed by atoms with Crippen LogP contribution in [0.1, 0.15) is 110 Å². The summed E-state index contributed by atoms with van der Waals surface area (Å²) in [6.07, 6.45) is 8.80. The number of carbonyl (C=O) groups is 1. The van der Waals surface area contributed by atoms with Crippen LogP contribution in [0.4, 0.5) is 0 Å². The van der Waals surface area contributed by atoms with E-state index in [1.54, 1.807) is 0 Å². The van der Waals surface area contributed by atoms with Crippen LogP contribution in [0.15, 0.2) is 36.4 Å². The van der Waals surface area contributed by atoms with E-state index in [0.717, 1.165) is 62.7 Å². The molecule has 0 atom stereocenters. The predicted molar refractivity (Wildman–Crippen MR) is 151 cm³/mol. The van der Waals surface area contributed by atoms with Gasteiger partial charge >= 0.3 is 5.97 Å². The van der Waals surface area contributed by atoms with Crippen molar-refractivity contribution in [2.45, 2.75) is 110 Å². The molecule has 36 heavy (non-hydrogen) atoms. The molecule has 1 aliphatic rings. The highest BCUT2D eigenvalue weighted by Gasteiger charge is 2.37. The highest BCUT2D eigenvalue weighted by atomic mass is 35.5. The van der Waals surface area contributed by atoms with Crippen molar-refractivity contribution < 1.29 is 14.3 Å². The fraction of sp³-hybridized carbons (Fsp3) is 0.581. The van der Waals surface area contributed by atoms with Crippen LogP contribution >= 0.6 is 23.2 Å². The van der Waals surface area contributed by atoms with Crippen molar-refractivity contribution in [1.82, 2.24) is 0 Å². The second-order valence-electron chi connectivity index (χ2n) is 10.8. The van der Waals surface area contributed by atoms with Gasteiger partial charge < -0.3 is 9.47 Å². The first kappa shape index (κ1) is 28.9. The molecule has 0 heterocycles. The normalized spacial score (nSPS) is 16.0. The van der Waals surface area contributed by atoms with E-state index in [1.807, 2.05) is 39.0 Å². The number of hydrogen-bond donors (Lipinski definition) is 0. The van der Waals surface area contributed by atoms with Gasteiger partial charge in [-0.25, -0.2) is 0 Å². The molecule has 1 fully saturated rings. The van der Waals surface area contributed by atoms with Gasteiger partial charge in [0.2, 0.25) is 0 Å². The fourth-order valence-electron chi connectivity index (χ4n) is 5.08. The van der Waals surface area contributed by atoms with Crippen molar-refractivity contribution in [3.8, 4) is 11.5 Å². The molecule has 0 unspecified atom stereocenters. The lowest BCUT2D eigenvalue weighted by molar-refractivity contribution is -0.145. The number of esters is 1. The number of rotatable bonds is 10. The summed E-state index contributed by atoms with van der Waals surface area (Å²) in [5.74, 6) is 0.917. The van der Waals surface area contributed by atoms with Gasteiger partial charge in [-0.2, -0.15) is 0 Å². The molecular formula is C31H42Cl2O3. The molecular weight excluding hydrogens is 491 g/mol. The van der Waals surface area contributed by atoms with Crippen molar-refractivity contribution in [1.29, 1.82) is 0 Å². The van der Waals surface area contributed by atoms with Crippen molar-refractivity contribution >= 4 is 29.2 Å². The zero-order valence-electron chi connectivity index (χ0n) is 22.8. The predicted octanol–water partition coefficient (Wildman–Crippen LogP) is 9.93. The molecule has 1 saturated carbocycles. The van der Waals surface area contributed by atoms with Gasteiger partial charge in [-0.3, -0.25) is 4.79 Å². The number of halogens is 2. The standard InChI is InChI=1S/C31H42Cl2O3/c1-7-29(5,8-2)28(34)35-26-16-14-22(20-24(26)32)31(18-12-11-13-19-31)23-15-17-27(25(33)21-23)36-30(6,9-3)10-4/h14-17,20-21H,7-13,18-19H2,1-6H3. The first-order valence-electron chi connectivity index (χ1n) is 13.6. The van der Waals surface area contributed by atoms with E-state index in [1.165, 1.54) is 12.0 Å². The SMILES string of the molecule is CCC(C)(CC)Oc1ccc(C2(c3ccc(OC(=O)C(C)(CC)CC)c(Cl)c3)CCCCC2)cc1Cl. The maximum Gasteiger partial charge on any atom is 0.317 e. The first-order valence-corrected chi connectivity index (χ1v) is 14.3. The molecule has 0 N–H and O–H groups in total. The molecule has 0 bridgehead atoms. The number of ether oxygens (including phenoxy) is 2. The van der Waals surface area contributed by atoms with Gasteiger partial charge in [0.1, 0.15) is 17.1 Å². The minimum Gasteiger partial charge on any atom is -0.486 e. The summed E-state index contributed by atoms with van der Waals surface area (Å²) in [5.41, 5.74) is 1.38. The topological polar surface area (TPSA) is 35.5 Å². The Morgan fingerprint density at radius 1 is 0.806 bits per heavy atom. The summed E-state index contributed by atoms with van der Waals surface area (Å²) in [7, 11) is 0. The minimum absolute atomic E-state index is 0.188. The largest absolute Gasteiger partial charge is 0.486 e. The Labute approximate surface area is 227 Å². The third kappa shape index (κ3) is 5.89. The lowest BCUT2D eigenvalue weighted by Gasteiger charge is -2.39. The van der Waals surface area contributed by atoms with Crippen molar-refractivity contribution in [2.75, 3.05) is 0 Å². The van der Waals surface area contributed by atoms with Crippen LogP contribution in [0.25, 0.3) is 0 Å². The minimum atomic E-state index is -0.515. The van der Waals surface area contributed by atoms with Gasteiger partial charge in [-0.15, -0.1) is 0 Å². The van der Waals surface area contributed by atoms with E-state index in [0.29, 0.717) is 15.8 Å². The molecule has 0 spiro atoms. The summed E-state index contributed by atoms with van der Waals surface area (Å²) >= 11 is 13.5. The van der Waals surface area contributed by atoms with Crippen molar-refractivity contribution in [3.05, 3.63) is 57.6 Å². The average Bonchev–Trinajstić information content (AvgIpc) is 2.90. The van der Waals surface area contributed by atoms with Crippen LogP contribution in [0, 0.1) is 5.41 Å². The van der Waals surface area contributed by atoms with Gasteiger partial charge in [-0.1, -0.05) is 82.3 Å². The van der Waals surface area contributed by atoms with Crippen molar-refractivity contribution in [3.63, 3.8) is 0 Å². The van der Waals surface area contributed by atoms with Crippen molar-refractivity contribution in [2.24, 2.45) is 5.41 Å². The lowest BCUT2D eigenvalue weighted by atomic mass is 9.65.